The van der Waals surface area contributed by atoms with Crippen LogP contribution in [0, 0.1) is 6.92 Å². The Morgan fingerprint density at radius 2 is 1.95 bits per heavy atom. The van der Waals surface area contributed by atoms with Crippen molar-refractivity contribution in [1.82, 2.24) is 40.1 Å². The molecule has 196 valence electrons. The van der Waals surface area contributed by atoms with Crippen molar-refractivity contribution in [3.05, 3.63) is 90.2 Å². The van der Waals surface area contributed by atoms with Crippen LogP contribution in [0.1, 0.15) is 48.1 Å². The molecular weight excluding hydrogens is 476 g/mol. The lowest BCUT2D eigenvalue weighted by Crippen LogP contribution is -2.52. The number of aromatic amines is 1. The predicted octanol–water partition coefficient (Wildman–Crippen LogP) is 4.41. The van der Waals surface area contributed by atoms with Crippen molar-refractivity contribution in [3.8, 4) is 5.69 Å². The molecular formula is C29H34N8O. The predicted molar refractivity (Wildman–Crippen MR) is 146 cm³/mol. The molecule has 9 heteroatoms. The first-order valence-electron chi connectivity index (χ1n) is 13.5. The molecule has 2 N–H and O–H groups in total. The smallest absolute Gasteiger partial charge is 0.223 e. The highest BCUT2D eigenvalue weighted by Crippen LogP contribution is 2.30. The van der Waals surface area contributed by atoms with E-state index in [0.717, 1.165) is 63.3 Å². The first kappa shape index (κ1) is 24.5. The van der Waals surface area contributed by atoms with Gasteiger partial charge in [0.05, 0.1) is 0 Å². The zero-order chi connectivity index (χ0) is 25.7. The Hall–Kier alpha value is -3.82. The van der Waals surface area contributed by atoms with Gasteiger partial charge in [0.2, 0.25) is 5.89 Å². The minimum atomic E-state index is 0.321. The van der Waals surface area contributed by atoms with E-state index in [9.17, 15) is 0 Å². The Labute approximate surface area is 222 Å². The third-order valence-electron chi connectivity index (χ3n) is 7.64. The van der Waals surface area contributed by atoms with Gasteiger partial charge in [-0.25, -0.2) is 0 Å². The van der Waals surface area contributed by atoms with Crippen LogP contribution in [0.4, 0.5) is 0 Å². The summed E-state index contributed by atoms with van der Waals surface area (Å²) >= 11 is 0. The van der Waals surface area contributed by atoms with Gasteiger partial charge < -0.3 is 14.8 Å². The van der Waals surface area contributed by atoms with E-state index in [-0.39, 0.29) is 0 Å². The highest BCUT2D eigenvalue weighted by atomic mass is 16.5. The topological polar surface area (TPSA) is 101 Å². The van der Waals surface area contributed by atoms with E-state index in [1.54, 1.807) is 12.7 Å². The number of aryl methyl sites for hydroxylation is 3. The molecule has 0 spiro atoms. The molecule has 0 amide bonds. The molecule has 1 fully saturated rings. The summed E-state index contributed by atoms with van der Waals surface area (Å²) in [6.07, 6.45) is 10.7. The maximum absolute atomic E-state index is 5.22. The number of benzene rings is 2. The molecule has 2 atom stereocenters. The van der Waals surface area contributed by atoms with Crippen LogP contribution in [0.15, 0.2) is 71.9 Å². The van der Waals surface area contributed by atoms with Gasteiger partial charge in [-0.2, -0.15) is 4.98 Å². The quantitative estimate of drug-likeness (QED) is 0.287. The molecule has 1 aliphatic rings. The van der Waals surface area contributed by atoms with E-state index in [2.05, 4.69) is 90.3 Å². The fraction of sp³-hybridized carbons (Fsp3) is 0.379. The number of aromatic nitrogens is 6. The monoisotopic (exact) mass is 510 g/mol. The Balaban J connectivity index is 1.16. The van der Waals surface area contributed by atoms with Crippen LogP contribution in [0.2, 0.25) is 0 Å². The molecule has 2 aromatic carbocycles. The Kier molecular flexibility index (Phi) is 7.28. The summed E-state index contributed by atoms with van der Waals surface area (Å²) in [5.74, 6) is 1.42. The molecule has 0 radical (unpaired) electrons. The second kappa shape index (κ2) is 11.3. The summed E-state index contributed by atoms with van der Waals surface area (Å²) in [5, 5.41) is 17.0. The van der Waals surface area contributed by atoms with E-state index < -0.39 is 0 Å². The number of fused-ring (bicyclic) bond motifs is 1. The van der Waals surface area contributed by atoms with Crippen molar-refractivity contribution in [1.29, 1.82) is 0 Å². The van der Waals surface area contributed by atoms with E-state index in [0.29, 0.717) is 18.0 Å². The van der Waals surface area contributed by atoms with Crippen LogP contribution >= 0.6 is 0 Å². The fourth-order valence-electron chi connectivity index (χ4n) is 5.76. The molecule has 9 nitrogen and oxygen atoms in total. The van der Waals surface area contributed by atoms with Gasteiger partial charge >= 0.3 is 0 Å². The standard InChI is InChI=1S/C29H34N8O/c1-21-34-29(35-38-21)13-12-28(22-6-3-2-4-7-22)37-15-14-30-18-25(37)9-5-8-23-17-31-27-11-10-24(16-26(23)27)36-19-32-33-20-36/h2-4,6-7,10-11,16-17,19-20,25,28,30-31H,5,8-9,12-15,18H2,1H3. The zero-order valence-electron chi connectivity index (χ0n) is 21.8. The number of hydrogen-bond donors (Lipinski definition) is 2. The van der Waals surface area contributed by atoms with E-state index >= 15 is 0 Å². The highest BCUT2D eigenvalue weighted by Gasteiger charge is 2.29. The number of piperazine rings is 1. The van der Waals surface area contributed by atoms with Crippen LogP contribution < -0.4 is 5.32 Å². The second-order valence-electron chi connectivity index (χ2n) is 10.1. The third kappa shape index (κ3) is 5.39. The van der Waals surface area contributed by atoms with Crippen LogP contribution in [-0.2, 0) is 12.8 Å². The molecule has 2 unspecified atom stereocenters. The van der Waals surface area contributed by atoms with Crippen molar-refractivity contribution in [3.63, 3.8) is 0 Å². The van der Waals surface area contributed by atoms with Crippen LogP contribution in [0.5, 0.6) is 0 Å². The Bertz CT molecular complexity index is 1440. The summed E-state index contributed by atoms with van der Waals surface area (Å²) in [6, 6.07) is 18.1. The Morgan fingerprint density at radius 3 is 2.76 bits per heavy atom. The fourth-order valence-corrected chi connectivity index (χ4v) is 5.76. The number of H-pyrrole nitrogens is 1. The molecule has 38 heavy (non-hydrogen) atoms. The summed E-state index contributed by atoms with van der Waals surface area (Å²) in [7, 11) is 0. The lowest BCUT2D eigenvalue weighted by molar-refractivity contribution is 0.0924. The molecule has 0 aliphatic carbocycles. The van der Waals surface area contributed by atoms with Gasteiger partial charge in [0, 0.05) is 67.8 Å². The van der Waals surface area contributed by atoms with Crippen molar-refractivity contribution < 1.29 is 4.52 Å². The second-order valence-corrected chi connectivity index (χ2v) is 10.1. The molecule has 4 heterocycles. The normalized spacial score (nSPS) is 17.2. The van der Waals surface area contributed by atoms with E-state index in [1.165, 1.54) is 22.0 Å². The largest absolute Gasteiger partial charge is 0.361 e. The van der Waals surface area contributed by atoms with E-state index in [1.807, 2.05) is 11.5 Å². The average molecular weight is 511 g/mol. The molecule has 0 bridgehead atoms. The van der Waals surface area contributed by atoms with Gasteiger partial charge in [-0.15, -0.1) is 10.2 Å². The van der Waals surface area contributed by atoms with Crippen LogP contribution in [0.3, 0.4) is 0 Å². The summed E-state index contributed by atoms with van der Waals surface area (Å²) < 4.78 is 7.17. The maximum atomic E-state index is 5.22. The molecule has 5 aromatic rings. The zero-order valence-corrected chi connectivity index (χ0v) is 21.8. The molecule has 6 rings (SSSR count). The lowest BCUT2D eigenvalue weighted by atomic mass is 9.95. The maximum Gasteiger partial charge on any atom is 0.223 e. The van der Waals surface area contributed by atoms with Gasteiger partial charge in [-0.05, 0) is 55.0 Å². The minimum absolute atomic E-state index is 0.321. The number of nitrogens with zero attached hydrogens (tertiary/aromatic N) is 6. The Morgan fingerprint density at radius 1 is 1.08 bits per heavy atom. The van der Waals surface area contributed by atoms with Gasteiger partial charge in [0.1, 0.15) is 12.7 Å². The third-order valence-corrected chi connectivity index (χ3v) is 7.64. The van der Waals surface area contributed by atoms with Crippen molar-refractivity contribution >= 4 is 10.9 Å². The van der Waals surface area contributed by atoms with Crippen molar-refractivity contribution in [2.45, 2.75) is 51.1 Å². The number of nitrogens with one attached hydrogen (secondary N) is 2. The molecule has 1 aliphatic heterocycles. The van der Waals surface area contributed by atoms with Crippen molar-refractivity contribution in [2.24, 2.45) is 0 Å². The summed E-state index contributed by atoms with van der Waals surface area (Å²) in [6.45, 7) is 4.90. The van der Waals surface area contributed by atoms with Gasteiger partial charge in [-0.3, -0.25) is 9.47 Å². The van der Waals surface area contributed by atoms with E-state index in [4.69, 9.17) is 4.52 Å². The number of rotatable bonds is 10. The lowest BCUT2D eigenvalue weighted by Gasteiger charge is -2.42. The first-order valence-corrected chi connectivity index (χ1v) is 13.5. The van der Waals surface area contributed by atoms with Crippen LogP contribution in [0.25, 0.3) is 16.6 Å². The molecule has 0 saturated carbocycles. The average Bonchev–Trinajstić information content (AvgIpc) is 3.72. The summed E-state index contributed by atoms with van der Waals surface area (Å²) in [5.41, 5.74) is 4.96. The van der Waals surface area contributed by atoms with Crippen LogP contribution in [-0.4, -0.2) is 60.5 Å². The van der Waals surface area contributed by atoms with Crippen molar-refractivity contribution in [2.75, 3.05) is 19.6 Å². The highest BCUT2D eigenvalue weighted by molar-refractivity contribution is 5.85. The minimum Gasteiger partial charge on any atom is -0.361 e. The molecule has 1 saturated heterocycles. The van der Waals surface area contributed by atoms with Gasteiger partial charge in [-0.1, -0.05) is 35.5 Å². The number of hydrogen-bond acceptors (Lipinski definition) is 7. The SMILES string of the molecule is Cc1nc(CCC(c2ccccc2)N2CCNCC2CCCc2c[nH]c3ccc(-n4cnnc4)cc23)no1. The van der Waals surface area contributed by atoms with Gasteiger partial charge in [0.15, 0.2) is 5.82 Å². The summed E-state index contributed by atoms with van der Waals surface area (Å²) in [4.78, 5) is 10.6. The molecule has 3 aromatic heterocycles. The van der Waals surface area contributed by atoms with Gasteiger partial charge in [0.25, 0.3) is 0 Å². The first-order chi connectivity index (χ1) is 18.7.